The number of halogens is 2. The van der Waals surface area contributed by atoms with Crippen LogP contribution in [0.1, 0.15) is 17.5 Å². The van der Waals surface area contributed by atoms with Crippen LogP contribution < -0.4 is 10.1 Å². The second-order valence-corrected chi connectivity index (χ2v) is 5.85. The highest BCUT2D eigenvalue weighted by Crippen LogP contribution is 2.30. The van der Waals surface area contributed by atoms with E-state index in [1.807, 2.05) is 19.4 Å². The van der Waals surface area contributed by atoms with Crippen molar-refractivity contribution >= 4 is 40.4 Å². The normalized spacial score (nSPS) is 10.6. The molecular weight excluding hydrogens is 317 g/mol. The fourth-order valence-electron chi connectivity index (χ4n) is 1.65. The maximum Gasteiger partial charge on any atom is 0.234 e. The van der Waals surface area contributed by atoms with Crippen molar-refractivity contribution in [3.63, 3.8) is 0 Å². The quantitative estimate of drug-likeness (QED) is 0.861. The van der Waals surface area contributed by atoms with Gasteiger partial charge in [-0.2, -0.15) is 4.98 Å². The first-order valence-corrected chi connectivity index (χ1v) is 7.87. The highest BCUT2D eigenvalue weighted by molar-refractivity contribution is 7.09. The number of rotatable bonds is 6. The molecule has 0 unspecified atom stereocenters. The van der Waals surface area contributed by atoms with Gasteiger partial charge in [0.25, 0.3) is 0 Å². The van der Waals surface area contributed by atoms with Crippen LogP contribution in [0, 0.1) is 6.92 Å². The Morgan fingerprint density at radius 2 is 2.15 bits per heavy atom. The smallest absolute Gasteiger partial charge is 0.234 e. The molecule has 0 saturated carbocycles. The molecule has 0 radical (unpaired) electrons. The molecule has 0 aliphatic rings. The molecule has 0 bridgehead atoms. The van der Waals surface area contributed by atoms with E-state index in [4.69, 9.17) is 27.9 Å². The third-order valence-corrected chi connectivity index (χ3v) is 4.21. The van der Waals surface area contributed by atoms with E-state index in [9.17, 15) is 0 Å². The molecule has 0 aliphatic carbocycles. The summed E-state index contributed by atoms with van der Waals surface area (Å²) in [7, 11) is 0. The number of aromatic nitrogens is 2. The van der Waals surface area contributed by atoms with Crippen LogP contribution in [-0.4, -0.2) is 23.1 Å². The maximum atomic E-state index is 6.08. The lowest BCUT2D eigenvalue weighted by Gasteiger charge is -2.10. The minimum atomic E-state index is 0.397. The van der Waals surface area contributed by atoms with Gasteiger partial charge in [-0.05, 0) is 19.9 Å². The molecule has 2 aromatic heterocycles. The van der Waals surface area contributed by atoms with Gasteiger partial charge in [-0.25, -0.2) is 4.98 Å². The number of thiazole rings is 1. The number of aryl methyl sites for hydroxylation is 1. The second-order valence-electron chi connectivity index (χ2n) is 4.10. The van der Waals surface area contributed by atoms with Crippen molar-refractivity contribution in [3.8, 4) is 5.88 Å². The molecule has 108 valence electrons. The van der Waals surface area contributed by atoms with Crippen molar-refractivity contribution in [2.24, 2.45) is 0 Å². The average molecular weight is 332 g/mol. The Morgan fingerprint density at radius 1 is 1.35 bits per heavy atom. The van der Waals surface area contributed by atoms with Crippen LogP contribution in [-0.2, 0) is 6.42 Å². The van der Waals surface area contributed by atoms with Crippen LogP contribution in [0.5, 0.6) is 5.88 Å². The summed E-state index contributed by atoms with van der Waals surface area (Å²) in [5.74, 6) is 0.983. The number of ether oxygens (including phenoxy) is 1. The zero-order valence-electron chi connectivity index (χ0n) is 11.2. The fraction of sp³-hybridized carbons (Fsp3) is 0.385. The predicted molar refractivity (Wildman–Crippen MR) is 84.5 cm³/mol. The largest absolute Gasteiger partial charge is 0.476 e. The number of pyridine rings is 1. The Hall–Kier alpha value is -1.04. The van der Waals surface area contributed by atoms with Crippen LogP contribution in [0.4, 0.5) is 5.82 Å². The zero-order chi connectivity index (χ0) is 14.5. The molecule has 2 aromatic rings. The third kappa shape index (κ3) is 3.75. The number of nitrogens with one attached hydrogen (secondary N) is 1. The molecule has 0 spiro atoms. The molecule has 2 rings (SSSR count). The van der Waals surface area contributed by atoms with E-state index in [0.29, 0.717) is 28.3 Å². The molecule has 2 heterocycles. The van der Waals surface area contributed by atoms with Gasteiger partial charge in [0.2, 0.25) is 5.88 Å². The van der Waals surface area contributed by atoms with Crippen LogP contribution >= 0.6 is 34.5 Å². The Kier molecular flexibility index (Phi) is 5.46. The van der Waals surface area contributed by atoms with Crippen molar-refractivity contribution < 1.29 is 4.74 Å². The molecule has 0 fully saturated rings. The van der Waals surface area contributed by atoms with Crippen molar-refractivity contribution in [2.45, 2.75) is 20.3 Å². The zero-order valence-corrected chi connectivity index (χ0v) is 13.6. The number of hydrogen-bond acceptors (Lipinski definition) is 5. The lowest BCUT2D eigenvalue weighted by atomic mass is 10.3. The molecule has 4 nitrogen and oxygen atoms in total. The van der Waals surface area contributed by atoms with E-state index >= 15 is 0 Å². The minimum Gasteiger partial charge on any atom is -0.476 e. The van der Waals surface area contributed by atoms with Gasteiger partial charge in [0.1, 0.15) is 10.8 Å². The average Bonchev–Trinajstić information content (AvgIpc) is 2.81. The first kappa shape index (κ1) is 15.4. The van der Waals surface area contributed by atoms with Gasteiger partial charge in [-0.15, -0.1) is 11.3 Å². The molecule has 1 N–H and O–H groups in total. The first-order valence-electron chi connectivity index (χ1n) is 6.23. The maximum absolute atomic E-state index is 6.08. The van der Waals surface area contributed by atoms with Gasteiger partial charge in [0, 0.05) is 17.8 Å². The summed E-state index contributed by atoms with van der Waals surface area (Å²) < 4.78 is 5.64. The predicted octanol–water partition coefficient (Wildman–Crippen LogP) is 4.21. The Bertz CT molecular complexity index is 589. The lowest BCUT2D eigenvalue weighted by Crippen LogP contribution is -2.06. The highest BCUT2D eigenvalue weighted by Gasteiger charge is 2.10. The summed E-state index contributed by atoms with van der Waals surface area (Å²) in [5, 5.41) is 3.97. The molecular formula is C13H15Cl2N3OS. The van der Waals surface area contributed by atoms with E-state index in [0.717, 1.165) is 18.7 Å². The molecule has 0 aromatic carbocycles. The summed E-state index contributed by atoms with van der Waals surface area (Å²) in [5.41, 5.74) is 2.88. The summed E-state index contributed by atoms with van der Waals surface area (Å²) >= 11 is 13.8. The Morgan fingerprint density at radius 3 is 2.80 bits per heavy atom. The highest BCUT2D eigenvalue weighted by atomic mass is 35.5. The number of hydrogen-bond donors (Lipinski definition) is 1. The van der Waals surface area contributed by atoms with E-state index < -0.39 is 0 Å². The summed E-state index contributed by atoms with van der Waals surface area (Å²) in [4.78, 5) is 9.71. The summed E-state index contributed by atoms with van der Waals surface area (Å²) in [6, 6.07) is 1.64. The summed E-state index contributed by atoms with van der Waals surface area (Å²) in [6.07, 6.45) is 0.785. The summed E-state index contributed by atoms with van der Waals surface area (Å²) in [6.45, 7) is 5.19. The molecule has 20 heavy (non-hydrogen) atoms. The fourth-order valence-corrected chi connectivity index (χ4v) is 2.89. The van der Waals surface area contributed by atoms with Crippen LogP contribution in [0.25, 0.3) is 0 Å². The third-order valence-electron chi connectivity index (χ3n) is 2.65. The molecule has 0 aliphatic heterocycles. The SMILES string of the molecule is CCNc1nc(OCCc2scnc2C)c(Cl)cc1Cl. The van der Waals surface area contributed by atoms with Gasteiger partial charge in [0.15, 0.2) is 0 Å². The van der Waals surface area contributed by atoms with Crippen LogP contribution in [0.2, 0.25) is 10.0 Å². The van der Waals surface area contributed by atoms with Crippen molar-refractivity contribution in [1.82, 2.24) is 9.97 Å². The number of anilines is 1. The van der Waals surface area contributed by atoms with Gasteiger partial charge < -0.3 is 10.1 Å². The topological polar surface area (TPSA) is 47.0 Å². The van der Waals surface area contributed by atoms with Crippen molar-refractivity contribution in [2.75, 3.05) is 18.5 Å². The standard InChI is InChI=1S/C13H15Cl2N3OS/c1-3-16-12-9(14)6-10(15)13(18-12)19-5-4-11-8(2)17-7-20-11/h6-7H,3-5H2,1-2H3,(H,16,18). The van der Waals surface area contributed by atoms with Gasteiger partial charge >= 0.3 is 0 Å². The van der Waals surface area contributed by atoms with Crippen molar-refractivity contribution in [1.29, 1.82) is 0 Å². The monoisotopic (exact) mass is 331 g/mol. The minimum absolute atomic E-state index is 0.397. The molecule has 0 amide bonds. The first-order chi connectivity index (χ1) is 9.61. The molecule has 0 atom stereocenters. The van der Waals surface area contributed by atoms with E-state index in [2.05, 4.69) is 15.3 Å². The van der Waals surface area contributed by atoms with Gasteiger partial charge in [-0.1, -0.05) is 23.2 Å². The van der Waals surface area contributed by atoms with E-state index in [-0.39, 0.29) is 0 Å². The van der Waals surface area contributed by atoms with Crippen molar-refractivity contribution in [3.05, 3.63) is 32.2 Å². The van der Waals surface area contributed by atoms with Crippen LogP contribution in [0.3, 0.4) is 0 Å². The Labute approximate surface area is 132 Å². The second kappa shape index (κ2) is 7.11. The molecule has 0 saturated heterocycles. The van der Waals surface area contributed by atoms with Gasteiger partial charge in [-0.3, -0.25) is 0 Å². The molecule has 7 heteroatoms. The Balaban J connectivity index is 2.02. The van der Waals surface area contributed by atoms with E-state index in [1.165, 1.54) is 4.88 Å². The number of nitrogens with zero attached hydrogens (tertiary/aromatic N) is 2. The van der Waals surface area contributed by atoms with E-state index in [1.54, 1.807) is 17.4 Å². The lowest BCUT2D eigenvalue weighted by molar-refractivity contribution is 0.311. The van der Waals surface area contributed by atoms with Gasteiger partial charge in [0.05, 0.1) is 22.8 Å². The van der Waals surface area contributed by atoms with Crippen LogP contribution in [0.15, 0.2) is 11.6 Å².